The molecule has 152 valence electrons. The van der Waals surface area contributed by atoms with Gasteiger partial charge in [0.2, 0.25) is 11.9 Å². The third kappa shape index (κ3) is 4.55. The van der Waals surface area contributed by atoms with Gasteiger partial charge in [-0.15, -0.1) is 0 Å². The van der Waals surface area contributed by atoms with E-state index in [0.717, 1.165) is 31.9 Å². The van der Waals surface area contributed by atoms with Gasteiger partial charge in [-0.2, -0.15) is 15.0 Å². The number of nitrogens with zero attached hydrogens (tertiary/aromatic N) is 5. The number of anilines is 2. The fourth-order valence-corrected chi connectivity index (χ4v) is 4.06. The van der Waals surface area contributed by atoms with Gasteiger partial charge in [0.1, 0.15) is 5.76 Å². The van der Waals surface area contributed by atoms with Gasteiger partial charge >= 0.3 is 6.01 Å². The number of methoxy groups -OCH3 is 1. The number of likely N-dealkylation sites (tertiary alicyclic amines) is 1. The Bertz CT molecular complexity index is 724. The molecule has 4 rings (SSSR count). The van der Waals surface area contributed by atoms with Crippen molar-refractivity contribution in [3.8, 4) is 6.01 Å². The van der Waals surface area contributed by atoms with E-state index in [1.165, 1.54) is 38.5 Å². The summed E-state index contributed by atoms with van der Waals surface area (Å²) in [6.45, 7) is 4.82. The highest BCUT2D eigenvalue weighted by Crippen LogP contribution is 2.26. The molecule has 1 N–H and O–H groups in total. The molecule has 2 fully saturated rings. The predicted molar refractivity (Wildman–Crippen MR) is 108 cm³/mol. The van der Waals surface area contributed by atoms with Crippen molar-refractivity contribution in [2.24, 2.45) is 0 Å². The summed E-state index contributed by atoms with van der Waals surface area (Å²) in [5.74, 6) is 2.23. The maximum atomic E-state index is 5.71. The van der Waals surface area contributed by atoms with Crippen molar-refractivity contribution >= 4 is 11.9 Å². The minimum Gasteiger partial charge on any atom is -0.468 e. The van der Waals surface area contributed by atoms with Gasteiger partial charge in [0.15, 0.2) is 0 Å². The zero-order chi connectivity index (χ0) is 19.2. The lowest BCUT2D eigenvalue weighted by molar-refractivity contribution is 0.224. The van der Waals surface area contributed by atoms with Crippen LogP contribution >= 0.6 is 0 Å². The Morgan fingerprint density at radius 3 is 2.46 bits per heavy atom. The number of aromatic nitrogens is 3. The molecule has 0 spiro atoms. The molecule has 2 aliphatic rings. The second-order valence-electron chi connectivity index (χ2n) is 7.50. The molecule has 0 aliphatic carbocycles. The Hall–Kier alpha value is -2.35. The second-order valence-corrected chi connectivity index (χ2v) is 7.50. The highest BCUT2D eigenvalue weighted by molar-refractivity contribution is 5.39. The highest BCUT2D eigenvalue weighted by Gasteiger charge is 2.26. The number of ether oxygens (including phenoxy) is 1. The summed E-state index contributed by atoms with van der Waals surface area (Å²) in [6.07, 6.45) is 9.08. The van der Waals surface area contributed by atoms with Crippen molar-refractivity contribution in [3.63, 3.8) is 0 Å². The monoisotopic (exact) mass is 386 g/mol. The van der Waals surface area contributed by atoms with Crippen LogP contribution in [0.2, 0.25) is 0 Å². The van der Waals surface area contributed by atoms with Crippen molar-refractivity contribution < 1.29 is 9.15 Å². The van der Waals surface area contributed by atoms with Gasteiger partial charge in [-0.3, -0.25) is 4.90 Å². The van der Waals surface area contributed by atoms with E-state index in [1.807, 2.05) is 12.1 Å². The molecule has 4 heterocycles. The summed E-state index contributed by atoms with van der Waals surface area (Å²) >= 11 is 0. The van der Waals surface area contributed by atoms with Crippen molar-refractivity contribution in [3.05, 3.63) is 24.2 Å². The quantitative estimate of drug-likeness (QED) is 0.778. The Kier molecular flexibility index (Phi) is 6.26. The minimum atomic E-state index is 0.168. The first-order valence-corrected chi connectivity index (χ1v) is 10.4. The molecule has 0 radical (unpaired) electrons. The molecular weight excluding hydrogens is 356 g/mol. The van der Waals surface area contributed by atoms with Crippen LogP contribution < -0.4 is 15.0 Å². The number of nitrogens with one attached hydrogen (secondary N) is 1. The maximum Gasteiger partial charge on any atom is 0.322 e. The molecule has 0 bridgehead atoms. The smallest absolute Gasteiger partial charge is 0.322 e. The molecule has 2 aromatic heterocycles. The summed E-state index contributed by atoms with van der Waals surface area (Å²) in [7, 11) is 1.60. The van der Waals surface area contributed by atoms with Gasteiger partial charge in [-0.05, 0) is 50.9 Å². The average Bonchev–Trinajstić information content (AvgIpc) is 3.38. The van der Waals surface area contributed by atoms with E-state index in [2.05, 4.69) is 25.1 Å². The van der Waals surface area contributed by atoms with Crippen LogP contribution in [0.1, 0.15) is 50.3 Å². The number of hydrogen-bond donors (Lipinski definition) is 1. The molecule has 8 nitrogen and oxygen atoms in total. The zero-order valence-electron chi connectivity index (χ0n) is 16.6. The first-order chi connectivity index (χ1) is 13.8. The van der Waals surface area contributed by atoms with Crippen LogP contribution in [-0.2, 0) is 0 Å². The molecule has 0 saturated carbocycles. The molecule has 1 unspecified atom stereocenters. The van der Waals surface area contributed by atoms with E-state index in [0.29, 0.717) is 24.5 Å². The SMILES string of the molecule is COc1nc(NCC(c2ccco2)N2CCCC2)nc(N2CCCCCC2)n1. The van der Waals surface area contributed by atoms with E-state index in [9.17, 15) is 0 Å². The normalized spacial score (nSPS) is 19.4. The molecule has 0 amide bonds. The first-order valence-electron chi connectivity index (χ1n) is 10.4. The van der Waals surface area contributed by atoms with Crippen molar-refractivity contribution in [2.45, 2.75) is 44.6 Å². The zero-order valence-corrected chi connectivity index (χ0v) is 16.6. The Morgan fingerprint density at radius 2 is 1.79 bits per heavy atom. The topological polar surface area (TPSA) is 79.5 Å². The van der Waals surface area contributed by atoms with Gasteiger partial charge in [0, 0.05) is 19.6 Å². The van der Waals surface area contributed by atoms with Crippen LogP contribution in [0.15, 0.2) is 22.8 Å². The van der Waals surface area contributed by atoms with Crippen molar-refractivity contribution in [1.29, 1.82) is 0 Å². The van der Waals surface area contributed by atoms with Crippen LogP contribution in [0.25, 0.3) is 0 Å². The van der Waals surface area contributed by atoms with E-state index >= 15 is 0 Å². The van der Waals surface area contributed by atoms with Crippen LogP contribution in [0.4, 0.5) is 11.9 Å². The standard InChI is InChI=1S/C20H30N6O2/c1-27-20-23-18(22-19(24-20)26-12-4-2-3-5-13-26)21-15-16(17-9-8-14-28-17)25-10-6-7-11-25/h8-9,14,16H,2-7,10-13,15H2,1H3,(H,21,22,23,24). The second kappa shape index (κ2) is 9.23. The molecule has 28 heavy (non-hydrogen) atoms. The van der Waals surface area contributed by atoms with Gasteiger partial charge in [-0.1, -0.05) is 12.8 Å². The van der Waals surface area contributed by atoms with Gasteiger partial charge in [-0.25, -0.2) is 0 Å². The van der Waals surface area contributed by atoms with E-state index in [1.54, 1.807) is 13.4 Å². The largest absolute Gasteiger partial charge is 0.468 e. The van der Waals surface area contributed by atoms with Gasteiger partial charge in [0.25, 0.3) is 0 Å². The fraction of sp³-hybridized carbons (Fsp3) is 0.650. The number of furan rings is 1. The lowest BCUT2D eigenvalue weighted by atomic mass is 10.2. The predicted octanol–water partition coefficient (Wildman–Crippen LogP) is 3.10. The third-order valence-corrected chi connectivity index (χ3v) is 5.58. The molecule has 2 aromatic rings. The molecule has 2 aliphatic heterocycles. The Morgan fingerprint density at radius 1 is 1.04 bits per heavy atom. The third-order valence-electron chi connectivity index (χ3n) is 5.58. The van der Waals surface area contributed by atoms with Gasteiger partial charge in [0.05, 0.1) is 19.4 Å². The first kappa shape index (κ1) is 19.0. The van der Waals surface area contributed by atoms with E-state index in [-0.39, 0.29) is 6.04 Å². The summed E-state index contributed by atoms with van der Waals surface area (Å²) in [5, 5.41) is 3.41. The van der Waals surface area contributed by atoms with Crippen molar-refractivity contribution in [1.82, 2.24) is 19.9 Å². The van der Waals surface area contributed by atoms with Crippen molar-refractivity contribution in [2.75, 3.05) is 50.1 Å². The summed E-state index contributed by atoms with van der Waals surface area (Å²) in [4.78, 5) is 18.3. The molecule has 0 aromatic carbocycles. The minimum absolute atomic E-state index is 0.168. The molecule has 2 saturated heterocycles. The van der Waals surface area contributed by atoms with E-state index in [4.69, 9.17) is 14.1 Å². The Balaban J connectivity index is 1.50. The lowest BCUT2D eigenvalue weighted by Gasteiger charge is -2.26. The highest BCUT2D eigenvalue weighted by atomic mass is 16.5. The average molecular weight is 387 g/mol. The summed E-state index contributed by atoms with van der Waals surface area (Å²) in [5.41, 5.74) is 0. The van der Waals surface area contributed by atoms with Crippen LogP contribution in [0.3, 0.4) is 0 Å². The fourth-order valence-electron chi connectivity index (χ4n) is 4.06. The molecule has 1 atom stereocenters. The van der Waals surface area contributed by atoms with Gasteiger partial charge < -0.3 is 19.4 Å². The lowest BCUT2D eigenvalue weighted by Crippen LogP contribution is -2.31. The molecular formula is C20H30N6O2. The summed E-state index contributed by atoms with van der Waals surface area (Å²) in [6, 6.07) is 4.51. The van der Waals surface area contributed by atoms with E-state index < -0.39 is 0 Å². The molecule has 8 heteroatoms. The maximum absolute atomic E-state index is 5.71. The van der Waals surface area contributed by atoms with Crippen LogP contribution in [-0.4, -0.2) is 59.7 Å². The Labute approximate surface area is 166 Å². The number of rotatable bonds is 7. The summed E-state index contributed by atoms with van der Waals surface area (Å²) < 4.78 is 11.0. The van der Waals surface area contributed by atoms with Crippen LogP contribution in [0.5, 0.6) is 6.01 Å². The van der Waals surface area contributed by atoms with Crippen LogP contribution in [0, 0.1) is 0 Å². The number of hydrogen-bond acceptors (Lipinski definition) is 8.